The summed E-state index contributed by atoms with van der Waals surface area (Å²) < 4.78 is 11.3. The van der Waals surface area contributed by atoms with Crippen LogP contribution in [-0.2, 0) is 13.0 Å². The molecule has 0 bridgehead atoms. The van der Waals surface area contributed by atoms with Crippen LogP contribution in [0, 0.1) is 13.8 Å². The minimum absolute atomic E-state index is 0.341. The average Bonchev–Trinajstić information content (AvgIpc) is 2.61. The van der Waals surface area contributed by atoms with E-state index in [2.05, 4.69) is 39.0 Å². The molecule has 0 aliphatic rings. The molecule has 0 unspecified atom stereocenters. The summed E-state index contributed by atoms with van der Waals surface area (Å²) in [6, 6.07) is 11.4. The minimum Gasteiger partial charge on any atom is -0.487 e. The van der Waals surface area contributed by atoms with Crippen molar-refractivity contribution in [1.82, 2.24) is 0 Å². The molecule has 0 N–H and O–H groups in total. The maximum absolute atomic E-state index is 11.9. The Morgan fingerprint density at radius 3 is 2.65 bits per heavy atom. The molecular formula is C22H23ClO3. The van der Waals surface area contributed by atoms with Crippen molar-refractivity contribution in [2.75, 3.05) is 0 Å². The molecule has 1 aromatic heterocycles. The normalized spacial score (nSPS) is 11.1. The predicted molar refractivity (Wildman–Crippen MR) is 106 cm³/mol. The third kappa shape index (κ3) is 4.10. The second kappa shape index (κ2) is 7.96. The highest BCUT2D eigenvalue weighted by molar-refractivity contribution is 6.32. The van der Waals surface area contributed by atoms with Crippen LogP contribution in [0.5, 0.6) is 5.75 Å². The standard InChI is InChI=1S/C22H23ClO3/c1-4-5-6-16-10-22(24)26-20-12-21(19(23)11-18(16)20)25-13-17-9-14(2)7-8-15(17)3/h7-12H,4-6,13H2,1-3H3. The van der Waals surface area contributed by atoms with Gasteiger partial charge >= 0.3 is 5.63 Å². The Hall–Kier alpha value is -2.26. The summed E-state index contributed by atoms with van der Waals surface area (Å²) in [5.74, 6) is 0.524. The van der Waals surface area contributed by atoms with Gasteiger partial charge in [-0.1, -0.05) is 48.7 Å². The van der Waals surface area contributed by atoms with Gasteiger partial charge in [0.1, 0.15) is 17.9 Å². The van der Waals surface area contributed by atoms with Crippen LogP contribution in [-0.4, -0.2) is 0 Å². The van der Waals surface area contributed by atoms with Crippen molar-refractivity contribution in [3.05, 3.63) is 74.1 Å². The lowest BCUT2D eigenvalue weighted by Gasteiger charge is -2.12. The van der Waals surface area contributed by atoms with Crippen molar-refractivity contribution in [3.63, 3.8) is 0 Å². The number of fused-ring (bicyclic) bond motifs is 1. The molecule has 0 fully saturated rings. The van der Waals surface area contributed by atoms with Crippen LogP contribution in [0.1, 0.15) is 42.0 Å². The summed E-state index contributed by atoms with van der Waals surface area (Å²) >= 11 is 6.44. The molecule has 0 amide bonds. The number of ether oxygens (including phenoxy) is 1. The maximum Gasteiger partial charge on any atom is 0.336 e. The zero-order valence-corrected chi connectivity index (χ0v) is 16.2. The molecule has 0 radical (unpaired) electrons. The molecule has 4 heteroatoms. The van der Waals surface area contributed by atoms with Crippen molar-refractivity contribution in [1.29, 1.82) is 0 Å². The maximum atomic E-state index is 11.9. The molecule has 26 heavy (non-hydrogen) atoms. The van der Waals surface area contributed by atoms with Crippen LogP contribution in [0.15, 0.2) is 45.6 Å². The Balaban J connectivity index is 1.93. The molecule has 3 aromatic rings. The van der Waals surface area contributed by atoms with E-state index in [4.69, 9.17) is 20.8 Å². The Morgan fingerprint density at radius 1 is 1.08 bits per heavy atom. The minimum atomic E-state index is -0.341. The van der Waals surface area contributed by atoms with E-state index in [0.717, 1.165) is 35.8 Å². The smallest absolute Gasteiger partial charge is 0.336 e. The van der Waals surface area contributed by atoms with E-state index in [1.54, 1.807) is 12.1 Å². The summed E-state index contributed by atoms with van der Waals surface area (Å²) in [6.07, 6.45) is 2.91. The van der Waals surface area contributed by atoms with Crippen molar-refractivity contribution in [2.24, 2.45) is 0 Å². The fourth-order valence-electron chi connectivity index (χ4n) is 3.02. The van der Waals surface area contributed by atoms with E-state index < -0.39 is 0 Å². The van der Waals surface area contributed by atoms with E-state index in [9.17, 15) is 4.79 Å². The summed E-state index contributed by atoms with van der Waals surface area (Å²) in [7, 11) is 0. The first-order valence-electron chi connectivity index (χ1n) is 8.93. The lowest BCUT2D eigenvalue weighted by Crippen LogP contribution is -2.02. The fraction of sp³-hybridized carbons (Fsp3) is 0.318. The van der Waals surface area contributed by atoms with E-state index >= 15 is 0 Å². The zero-order chi connectivity index (χ0) is 18.7. The monoisotopic (exact) mass is 370 g/mol. The lowest BCUT2D eigenvalue weighted by molar-refractivity contribution is 0.305. The Morgan fingerprint density at radius 2 is 1.88 bits per heavy atom. The van der Waals surface area contributed by atoms with Gasteiger partial charge in [0.25, 0.3) is 0 Å². The van der Waals surface area contributed by atoms with E-state index in [1.807, 2.05) is 6.07 Å². The number of aryl methyl sites for hydroxylation is 3. The Bertz CT molecular complexity index is 989. The predicted octanol–water partition coefficient (Wildman–Crippen LogP) is 5.98. The molecule has 136 valence electrons. The van der Waals surface area contributed by atoms with Gasteiger partial charge < -0.3 is 9.15 Å². The van der Waals surface area contributed by atoms with Gasteiger partial charge in [0, 0.05) is 17.5 Å². The van der Waals surface area contributed by atoms with Gasteiger partial charge in [-0.3, -0.25) is 0 Å². The molecule has 0 atom stereocenters. The van der Waals surface area contributed by atoms with Crippen molar-refractivity contribution in [3.8, 4) is 5.75 Å². The van der Waals surface area contributed by atoms with Gasteiger partial charge in [0.15, 0.2) is 0 Å². The van der Waals surface area contributed by atoms with Crippen molar-refractivity contribution >= 4 is 22.6 Å². The second-order valence-electron chi connectivity index (χ2n) is 6.69. The molecular weight excluding hydrogens is 348 g/mol. The highest BCUT2D eigenvalue weighted by Crippen LogP contribution is 2.32. The second-order valence-corrected chi connectivity index (χ2v) is 7.10. The third-order valence-electron chi connectivity index (χ3n) is 4.57. The van der Waals surface area contributed by atoms with Crippen LogP contribution >= 0.6 is 11.6 Å². The van der Waals surface area contributed by atoms with Crippen LogP contribution in [0.4, 0.5) is 0 Å². The molecule has 0 aliphatic carbocycles. The van der Waals surface area contributed by atoms with E-state index in [1.165, 1.54) is 11.1 Å². The SMILES string of the molecule is CCCCc1cc(=O)oc2cc(OCc3cc(C)ccc3C)c(Cl)cc12. The Kier molecular flexibility index (Phi) is 5.67. The molecule has 3 nitrogen and oxygen atoms in total. The fourth-order valence-corrected chi connectivity index (χ4v) is 3.24. The van der Waals surface area contributed by atoms with Gasteiger partial charge in [-0.05, 0) is 49.4 Å². The van der Waals surface area contributed by atoms with Gasteiger partial charge in [0.2, 0.25) is 0 Å². The summed E-state index contributed by atoms with van der Waals surface area (Å²) in [4.78, 5) is 11.9. The number of hydrogen-bond donors (Lipinski definition) is 0. The first kappa shape index (κ1) is 18.5. The zero-order valence-electron chi connectivity index (χ0n) is 15.4. The third-order valence-corrected chi connectivity index (χ3v) is 4.87. The highest BCUT2D eigenvalue weighted by Gasteiger charge is 2.12. The first-order valence-corrected chi connectivity index (χ1v) is 9.31. The molecule has 1 heterocycles. The molecule has 0 saturated carbocycles. The van der Waals surface area contributed by atoms with Gasteiger partial charge in [-0.2, -0.15) is 0 Å². The summed E-state index contributed by atoms with van der Waals surface area (Å²) in [6.45, 7) is 6.65. The van der Waals surface area contributed by atoms with Gasteiger partial charge in [-0.25, -0.2) is 4.79 Å². The quantitative estimate of drug-likeness (QED) is 0.500. The molecule has 0 aliphatic heterocycles. The van der Waals surface area contributed by atoms with Crippen LogP contribution < -0.4 is 10.4 Å². The molecule has 3 rings (SSSR count). The van der Waals surface area contributed by atoms with E-state index in [0.29, 0.717) is 23.0 Å². The van der Waals surface area contributed by atoms with Crippen LogP contribution in [0.25, 0.3) is 11.0 Å². The lowest BCUT2D eigenvalue weighted by atomic mass is 10.0. The summed E-state index contributed by atoms with van der Waals surface area (Å²) in [5, 5.41) is 1.40. The average molecular weight is 371 g/mol. The van der Waals surface area contributed by atoms with Gasteiger partial charge in [-0.15, -0.1) is 0 Å². The number of halogens is 1. The van der Waals surface area contributed by atoms with Gasteiger partial charge in [0.05, 0.1) is 5.02 Å². The van der Waals surface area contributed by atoms with Crippen LogP contribution in [0.2, 0.25) is 5.02 Å². The number of rotatable bonds is 6. The van der Waals surface area contributed by atoms with Crippen molar-refractivity contribution in [2.45, 2.75) is 46.6 Å². The number of unbranched alkanes of at least 4 members (excludes halogenated alkanes) is 1. The van der Waals surface area contributed by atoms with Crippen molar-refractivity contribution < 1.29 is 9.15 Å². The highest BCUT2D eigenvalue weighted by atomic mass is 35.5. The summed E-state index contributed by atoms with van der Waals surface area (Å²) in [5.41, 5.74) is 4.61. The largest absolute Gasteiger partial charge is 0.487 e. The Labute approximate surface area is 158 Å². The topological polar surface area (TPSA) is 39.4 Å². The molecule has 2 aromatic carbocycles. The number of benzene rings is 2. The number of hydrogen-bond acceptors (Lipinski definition) is 3. The van der Waals surface area contributed by atoms with E-state index in [-0.39, 0.29) is 5.63 Å². The molecule has 0 saturated heterocycles. The molecule has 0 spiro atoms. The first-order chi connectivity index (χ1) is 12.5. The van der Waals surface area contributed by atoms with Crippen LogP contribution in [0.3, 0.4) is 0 Å².